The summed E-state index contributed by atoms with van der Waals surface area (Å²) >= 11 is 0. The molecule has 10 heteroatoms. The van der Waals surface area contributed by atoms with Gasteiger partial charge in [-0.1, -0.05) is 13.0 Å². The lowest BCUT2D eigenvalue weighted by Crippen LogP contribution is -2.22. The van der Waals surface area contributed by atoms with Crippen LogP contribution in [0.4, 0.5) is 5.69 Å². The maximum Gasteiger partial charge on any atom is 0.396 e. The average Bonchev–Trinajstić information content (AvgIpc) is 2.26. The fourth-order valence-corrected chi connectivity index (χ4v) is 2.36. The molecule has 1 aromatic rings. The highest BCUT2D eigenvalue weighted by molar-refractivity contribution is 7.89. The molecule has 100 valence electrons. The minimum atomic E-state index is -4.59. The van der Waals surface area contributed by atoms with E-state index in [0.29, 0.717) is 0 Å². The highest BCUT2D eigenvalue weighted by atomic mass is 32.2. The first-order chi connectivity index (χ1) is 8.24. The smallest absolute Gasteiger partial charge is 0.267 e. The molecule has 0 saturated heterocycles. The summed E-state index contributed by atoms with van der Waals surface area (Å²) in [5.74, 6) is 0. The van der Waals surface area contributed by atoms with Gasteiger partial charge >= 0.3 is 10.3 Å². The van der Waals surface area contributed by atoms with E-state index in [4.69, 9.17) is 4.55 Å². The Kier molecular flexibility index (Phi) is 4.51. The van der Waals surface area contributed by atoms with Gasteiger partial charge in [-0.3, -0.25) is 4.55 Å². The minimum Gasteiger partial charge on any atom is -0.267 e. The molecular weight excluding hydrogens is 282 g/mol. The van der Waals surface area contributed by atoms with Crippen molar-refractivity contribution in [2.75, 3.05) is 6.54 Å². The molecule has 0 amide bonds. The second kappa shape index (κ2) is 5.52. The highest BCUT2D eigenvalue weighted by Crippen LogP contribution is 2.18. The van der Waals surface area contributed by atoms with Crippen molar-refractivity contribution in [1.82, 2.24) is 4.72 Å². The van der Waals surface area contributed by atoms with Gasteiger partial charge in [0.05, 0.1) is 10.6 Å². The predicted octanol–water partition coefficient (Wildman–Crippen LogP) is 0.871. The summed E-state index contributed by atoms with van der Waals surface area (Å²) in [6, 6.07) is 5.18. The van der Waals surface area contributed by atoms with Gasteiger partial charge in [0.25, 0.3) is 0 Å². The van der Waals surface area contributed by atoms with Crippen LogP contribution >= 0.6 is 0 Å². The summed E-state index contributed by atoms with van der Waals surface area (Å²) in [6.45, 7) is 1.85. The lowest BCUT2D eigenvalue weighted by atomic mass is 10.3. The van der Waals surface area contributed by atoms with Crippen molar-refractivity contribution in [3.05, 3.63) is 24.3 Å². The molecule has 0 fully saturated rings. The molecule has 8 nitrogen and oxygen atoms in total. The van der Waals surface area contributed by atoms with E-state index in [1.807, 2.05) is 0 Å². The van der Waals surface area contributed by atoms with Gasteiger partial charge in [-0.05, 0) is 22.7 Å². The zero-order valence-corrected chi connectivity index (χ0v) is 10.9. The third kappa shape index (κ3) is 4.49. The maximum absolute atomic E-state index is 11.6. The summed E-state index contributed by atoms with van der Waals surface area (Å²) in [5, 5.41) is 3.21. The molecule has 0 aromatic heterocycles. The molecule has 1 aromatic carbocycles. The number of rotatable bonds is 5. The van der Waals surface area contributed by atoms with Crippen molar-refractivity contribution in [3.63, 3.8) is 0 Å². The van der Waals surface area contributed by atoms with Crippen molar-refractivity contribution in [3.8, 4) is 0 Å². The van der Waals surface area contributed by atoms with Gasteiger partial charge in [-0.25, -0.2) is 13.1 Å². The van der Waals surface area contributed by atoms with E-state index in [1.54, 1.807) is 6.92 Å². The van der Waals surface area contributed by atoms with E-state index in [0.717, 1.165) is 6.07 Å². The van der Waals surface area contributed by atoms with E-state index < -0.39 is 20.3 Å². The first kappa shape index (κ1) is 14.7. The highest BCUT2D eigenvalue weighted by Gasteiger charge is 2.12. The lowest BCUT2D eigenvalue weighted by molar-refractivity contribution is 0.482. The van der Waals surface area contributed by atoms with E-state index >= 15 is 0 Å². The van der Waals surface area contributed by atoms with E-state index in [-0.39, 0.29) is 17.1 Å². The van der Waals surface area contributed by atoms with Crippen molar-refractivity contribution in [2.45, 2.75) is 11.8 Å². The molecule has 0 aliphatic rings. The Bertz CT molecular complexity index is 651. The molecule has 18 heavy (non-hydrogen) atoms. The Morgan fingerprint density at radius 2 is 1.94 bits per heavy atom. The van der Waals surface area contributed by atoms with Crippen LogP contribution in [0, 0.1) is 0 Å². The van der Waals surface area contributed by atoms with Crippen molar-refractivity contribution >= 4 is 26.0 Å². The van der Waals surface area contributed by atoms with Gasteiger partial charge < -0.3 is 0 Å². The van der Waals surface area contributed by atoms with Crippen LogP contribution in [0.3, 0.4) is 0 Å². The predicted molar refractivity (Wildman–Crippen MR) is 63.4 cm³/mol. The fraction of sp³-hybridized carbons (Fsp3) is 0.250. The maximum atomic E-state index is 11.6. The molecule has 1 rings (SSSR count). The van der Waals surface area contributed by atoms with Crippen LogP contribution in [0.1, 0.15) is 6.92 Å². The molecule has 0 radical (unpaired) electrons. The Balaban J connectivity index is 3.11. The van der Waals surface area contributed by atoms with Crippen molar-refractivity contribution in [2.24, 2.45) is 9.63 Å². The number of hydrogen-bond donors (Lipinski definition) is 2. The van der Waals surface area contributed by atoms with Gasteiger partial charge in [-0.2, -0.15) is 8.42 Å². The van der Waals surface area contributed by atoms with Crippen LogP contribution < -0.4 is 4.72 Å². The molecule has 2 N–H and O–H groups in total. The van der Waals surface area contributed by atoms with Crippen molar-refractivity contribution < 1.29 is 21.4 Å². The van der Waals surface area contributed by atoms with Gasteiger partial charge in [0, 0.05) is 6.54 Å². The Hall–Kier alpha value is -1.36. The second-order valence-corrected chi connectivity index (χ2v) is 5.95. The largest absolute Gasteiger partial charge is 0.396 e. The SMILES string of the molecule is CCNS(=O)(=O)c1cccc(N=NS(=O)(=O)O)c1. The van der Waals surface area contributed by atoms with Gasteiger partial charge in [-0.15, -0.1) is 5.11 Å². The standard InChI is InChI=1S/C8H11N3O5S2/c1-2-9-17(12,13)8-5-3-4-7(6-8)10-11-18(14,15)16/h3-6,9H,2H2,1H3,(H,14,15,16). The van der Waals surface area contributed by atoms with Crippen LogP contribution in [0.2, 0.25) is 0 Å². The van der Waals surface area contributed by atoms with Gasteiger partial charge in [0.1, 0.15) is 0 Å². The summed E-state index contributed by atoms with van der Waals surface area (Å²) in [7, 11) is -8.24. The molecule has 0 aliphatic heterocycles. The number of nitrogens with zero attached hydrogens (tertiary/aromatic N) is 2. The summed E-state index contributed by atoms with van der Waals surface area (Å²) in [5.41, 5.74) is -0.00777. The summed E-state index contributed by atoms with van der Waals surface area (Å²) in [4.78, 5) is -0.0730. The summed E-state index contributed by atoms with van der Waals surface area (Å²) < 4.78 is 57.3. The minimum absolute atomic E-state index is 0.00777. The normalized spacial score (nSPS) is 13.0. The van der Waals surface area contributed by atoms with E-state index in [1.165, 1.54) is 18.2 Å². The summed E-state index contributed by atoms with van der Waals surface area (Å²) in [6.07, 6.45) is 0. The number of hydrogen-bond acceptors (Lipinski definition) is 5. The molecule has 0 unspecified atom stereocenters. The van der Waals surface area contributed by atoms with Gasteiger partial charge in [0.15, 0.2) is 0 Å². The van der Waals surface area contributed by atoms with Crippen LogP contribution in [-0.2, 0) is 20.3 Å². The van der Waals surface area contributed by atoms with Crippen molar-refractivity contribution in [1.29, 1.82) is 0 Å². The zero-order valence-electron chi connectivity index (χ0n) is 9.31. The third-order valence-corrected chi connectivity index (χ3v) is 3.55. The fourth-order valence-electron chi connectivity index (χ4n) is 1.08. The zero-order chi connectivity index (χ0) is 13.8. The first-order valence-corrected chi connectivity index (χ1v) is 7.63. The number of benzene rings is 1. The van der Waals surface area contributed by atoms with E-state index in [2.05, 4.69) is 14.4 Å². The van der Waals surface area contributed by atoms with E-state index in [9.17, 15) is 16.8 Å². The Morgan fingerprint density at radius 1 is 1.28 bits per heavy atom. The molecule has 0 saturated carbocycles. The molecule has 0 atom stereocenters. The molecular formula is C8H11N3O5S2. The Morgan fingerprint density at radius 3 is 2.50 bits per heavy atom. The third-order valence-electron chi connectivity index (χ3n) is 1.72. The Labute approximate surface area is 105 Å². The molecule has 0 heterocycles. The number of nitrogens with one attached hydrogen (secondary N) is 1. The topological polar surface area (TPSA) is 125 Å². The first-order valence-electron chi connectivity index (χ1n) is 4.75. The molecule has 0 spiro atoms. The number of sulfonamides is 1. The van der Waals surface area contributed by atoms with Crippen LogP contribution in [0.5, 0.6) is 0 Å². The van der Waals surface area contributed by atoms with Crippen LogP contribution in [0.25, 0.3) is 0 Å². The lowest BCUT2D eigenvalue weighted by Gasteiger charge is -2.04. The quantitative estimate of drug-likeness (QED) is 0.615. The molecule has 0 bridgehead atoms. The average molecular weight is 293 g/mol. The van der Waals surface area contributed by atoms with Crippen LogP contribution in [0.15, 0.2) is 38.8 Å². The van der Waals surface area contributed by atoms with Crippen LogP contribution in [-0.4, -0.2) is 27.9 Å². The van der Waals surface area contributed by atoms with Gasteiger partial charge in [0.2, 0.25) is 10.0 Å². The monoisotopic (exact) mass is 293 g/mol. The molecule has 0 aliphatic carbocycles. The second-order valence-electron chi connectivity index (χ2n) is 3.13.